The Bertz CT molecular complexity index is 647. The minimum absolute atomic E-state index is 0.189. The molecule has 4 heteroatoms. The molecule has 0 aliphatic carbocycles. The number of hydrogen-bond donors (Lipinski definition) is 0. The van der Waals surface area contributed by atoms with Crippen LogP contribution in [-0.2, 0) is 12.8 Å². The van der Waals surface area contributed by atoms with Gasteiger partial charge in [0.2, 0.25) is 0 Å². The topological polar surface area (TPSA) is 72.3 Å². The number of benzene rings is 2. The van der Waals surface area contributed by atoms with Crippen molar-refractivity contribution in [1.82, 2.24) is 0 Å². The third-order valence-corrected chi connectivity index (χ3v) is 3.72. The molecule has 0 aliphatic heterocycles. The van der Waals surface area contributed by atoms with Crippen LogP contribution in [0.1, 0.15) is 11.1 Å². The summed E-state index contributed by atoms with van der Waals surface area (Å²) < 4.78 is 0. The predicted octanol–water partition coefficient (Wildman–Crippen LogP) is 4.20. The number of nitriles is 2. The van der Waals surface area contributed by atoms with Crippen molar-refractivity contribution in [2.24, 2.45) is 22.1 Å². The monoisotopic (exact) mass is 316 g/mol. The fourth-order valence-corrected chi connectivity index (χ4v) is 2.41. The van der Waals surface area contributed by atoms with Crippen LogP contribution < -0.4 is 0 Å². The number of rotatable bonds is 8. The first-order chi connectivity index (χ1) is 11.8. The fourth-order valence-electron chi connectivity index (χ4n) is 2.41. The Kier molecular flexibility index (Phi) is 7.18. The number of hydrogen-bond acceptors (Lipinski definition) is 4. The maximum Gasteiger partial charge on any atom is 0.0760 e. The highest BCUT2D eigenvalue weighted by Crippen LogP contribution is 2.10. The van der Waals surface area contributed by atoms with Gasteiger partial charge in [-0.05, 0) is 24.0 Å². The van der Waals surface area contributed by atoms with Crippen LogP contribution in [0.5, 0.6) is 0 Å². The van der Waals surface area contributed by atoms with E-state index in [0.717, 1.165) is 11.1 Å². The molecule has 0 radical (unpaired) electrons. The standard InChI is InChI=1S/C20H20N4/c21-13-19(11-17-7-3-1-4-8-17)15-23-24-16-20(14-22)12-18-9-5-2-6-10-18/h1-10,19-20H,11-12,15-16H2. The molecule has 2 atom stereocenters. The van der Waals surface area contributed by atoms with Crippen molar-refractivity contribution in [2.75, 3.05) is 13.1 Å². The Morgan fingerprint density at radius 2 is 1.04 bits per heavy atom. The van der Waals surface area contributed by atoms with Crippen molar-refractivity contribution in [2.45, 2.75) is 12.8 Å². The van der Waals surface area contributed by atoms with Crippen molar-refractivity contribution >= 4 is 0 Å². The van der Waals surface area contributed by atoms with Gasteiger partial charge in [-0.3, -0.25) is 0 Å². The van der Waals surface area contributed by atoms with E-state index in [9.17, 15) is 10.5 Å². The molecular weight excluding hydrogens is 296 g/mol. The molecule has 0 fully saturated rings. The van der Waals surface area contributed by atoms with Gasteiger partial charge in [0.25, 0.3) is 0 Å². The zero-order chi connectivity index (χ0) is 17.0. The van der Waals surface area contributed by atoms with Gasteiger partial charge in [0.05, 0.1) is 37.1 Å². The van der Waals surface area contributed by atoms with E-state index in [2.05, 4.69) is 22.4 Å². The van der Waals surface area contributed by atoms with Crippen molar-refractivity contribution < 1.29 is 0 Å². The molecule has 2 unspecified atom stereocenters. The maximum atomic E-state index is 9.23. The summed E-state index contributed by atoms with van der Waals surface area (Å²) in [5, 5.41) is 26.7. The summed E-state index contributed by atoms with van der Waals surface area (Å²) in [5.41, 5.74) is 2.25. The molecule has 24 heavy (non-hydrogen) atoms. The molecule has 0 heterocycles. The summed E-state index contributed by atoms with van der Waals surface area (Å²) in [6.07, 6.45) is 1.34. The highest BCUT2D eigenvalue weighted by molar-refractivity contribution is 5.17. The molecule has 0 saturated carbocycles. The second-order valence-electron chi connectivity index (χ2n) is 5.68. The molecule has 0 aromatic heterocycles. The van der Waals surface area contributed by atoms with Gasteiger partial charge in [-0.15, -0.1) is 0 Å². The van der Waals surface area contributed by atoms with E-state index in [1.807, 2.05) is 60.7 Å². The molecule has 0 spiro atoms. The second kappa shape index (κ2) is 9.92. The molecule has 2 aromatic rings. The van der Waals surface area contributed by atoms with Gasteiger partial charge in [-0.25, -0.2) is 0 Å². The molecule has 0 aliphatic rings. The highest BCUT2D eigenvalue weighted by atomic mass is 15.1. The lowest BCUT2D eigenvalue weighted by molar-refractivity contribution is 0.609. The van der Waals surface area contributed by atoms with Crippen LogP contribution in [-0.4, -0.2) is 13.1 Å². The molecular formula is C20H20N4. The highest BCUT2D eigenvalue weighted by Gasteiger charge is 2.09. The van der Waals surface area contributed by atoms with E-state index in [4.69, 9.17) is 0 Å². The van der Waals surface area contributed by atoms with Crippen molar-refractivity contribution in [1.29, 1.82) is 10.5 Å². The molecule has 2 aromatic carbocycles. The van der Waals surface area contributed by atoms with Crippen molar-refractivity contribution in [3.63, 3.8) is 0 Å². The van der Waals surface area contributed by atoms with E-state index >= 15 is 0 Å². The lowest BCUT2D eigenvalue weighted by Crippen LogP contribution is -2.07. The zero-order valence-corrected chi connectivity index (χ0v) is 13.5. The van der Waals surface area contributed by atoms with Gasteiger partial charge in [0, 0.05) is 0 Å². The molecule has 0 amide bonds. The first-order valence-electron chi connectivity index (χ1n) is 8.02. The fraction of sp³-hybridized carbons (Fsp3) is 0.300. The van der Waals surface area contributed by atoms with Gasteiger partial charge in [0.1, 0.15) is 0 Å². The van der Waals surface area contributed by atoms with E-state index in [-0.39, 0.29) is 11.8 Å². The smallest absolute Gasteiger partial charge is 0.0760 e. The lowest BCUT2D eigenvalue weighted by Gasteiger charge is -2.07. The molecule has 0 bridgehead atoms. The molecule has 2 rings (SSSR count). The Balaban J connectivity index is 1.79. The Morgan fingerprint density at radius 1 is 0.667 bits per heavy atom. The van der Waals surface area contributed by atoms with Gasteiger partial charge in [0.15, 0.2) is 0 Å². The lowest BCUT2D eigenvalue weighted by atomic mass is 10.0. The maximum absolute atomic E-state index is 9.23. The van der Waals surface area contributed by atoms with E-state index in [0.29, 0.717) is 25.9 Å². The van der Waals surface area contributed by atoms with E-state index < -0.39 is 0 Å². The molecule has 0 saturated heterocycles. The molecule has 0 N–H and O–H groups in total. The van der Waals surface area contributed by atoms with E-state index in [1.54, 1.807) is 0 Å². The summed E-state index contributed by atoms with van der Waals surface area (Å²) in [4.78, 5) is 0. The predicted molar refractivity (Wildman–Crippen MR) is 93.1 cm³/mol. The zero-order valence-electron chi connectivity index (χ0n) is 13.5. The Morgan fingerprint density at radius 3 is 1.38 bits per heavy atom. The van der Waals surface area contributed by atoms with Gasteiger partial charge in [-0.2, -0.15) is 20.8 Å². The first kappa shape index (κ1) is 17.4. The Hall–Kier alpha value is -2.98. The summed E-state index contributed by atoms with van der Waals surface area (Å²) in [5.74, 6) is -0.378. The average Bonchev–Trinajstić information content (AvgIpc) is 2.64. The summed E-state index contributed by atoms with van der Waals surface area (Å²) >= 11 is 0. The summed E-state index contributed by atoms with van der Waals surface area (Å²) in [6.45, 7) is 0.740. The second-order valence-corrected chi connectivity index (χ2v) is 5.68. The third kappa shape index (κ3) is 6.02. The normalized spacial score (nSPS) is 13.1. The van der Waals surface area contributed by atoms with Crippen LogP contribution in [0, 0.1) is 34.5 Å². The summed E-state index contributed by atoms with van der Waals surface area (Å²) in [7, 11) is 0. The van der Waals surface area contributed by atoms with Crippen LogP contribution in [0.3, 0.4) is 0 Å². The minimum atomic E-state index is -0.189. The Labute approximate surface area is 143 Å². The van der Waals surface area contributed by atoms with Crippen molar-refractivity contribution in [3.05, 3.63) is 71.8 Å². The van der Waals surface area contributed by atoms with Crippen LogP contribution in [0.4, 0.5) is 0 Å². The molecule has 4 nitrogen and oxygen atoms in total. The van der Waals surface area contributed by atoms with Crippen LogP contribution >= 0.6 is 0 Å². The third-order valence-electron chi connectivity index (χ3n) is 3.72. The van der Waals surface area contributed by atoms with Gasteiger partial charge < -0.3 is 0 Å². The van der Waals surface area contributed by atoms with Crippen LogP contribution in [0.2, 0.25) is 0 Å². The minimum Gasteiger partial charge on any atom is -0.198 e. The van der Waals surface area contributed by atoms with E-state index in [1.165, 1.54) is 0 Å². The van der Waals surface area contributed by atoms with Crippen LogP contribution in [0.15, 0.2) is 70.9 Å². The quantitative estimate of drug-likeness (QED) is 0.684. The first-order valence-corrected chi connectivity index (χ1v) is 8.02. The molecule has 120 valence electrons. The van der Waals surface area contributed by atoms with Gasteiger partial charge in [-0.1, -0.05) is 60.7 Å². The number of nitrogens with zero attached hydrogens (tertiary/aromatic N) is 4. The average molecular weight is 316 g/mol. The van der Waals surface area contributed by atoms with Gasteiger partial charge >= 0.3 is 0 Å². The summed E-state index contributed by atoms with van der Waals surface area (Å²) in [6, 6.07) is 24.3. The van der Waals surface area contributed by atoms with Crippen LogP contribution in [0.25, 0.3) is 0 Å². The van der Waals surface area contributed by atoms with Crippen molar-refractivity contribution in [3.8, 4) is 12.1 Å². The largest absolute Gasteiger partial charge is 0.198 e. The SMILES string of the molecule is N#CC(CN=NCC(C#N)Cc1ccccc1)Cc1ccccc1. The number of azo groups is 1.